The Morgan fingerprint density at radius 3 is 1.88 bits per heavy atom. The first-order valence-corrected chi connectivity index (χ1v) is 14.7. The molecule has 1 saturated carbocycles. The van der Waals surface area contributed by atoms with E-state index in [1.54, 1.807) is 0 Å². The van der Waals surface area contributed by atoms with Crippen LogP contribution in [-0.4, -0.2) is 16.1 Å². The first kappa shape index (κ1) is 15.2. The molecule has 100 valence electrons. The lowest BCUT2D eigenvalue weighted by atomic mass is 9.85. The Morgan fingerprint density at radius 1 is 0.941 bits per heavy atom. The molecule has 0 aromatic heterocycles. The van der Waals surface area contributed by atoms with Gasteiger partial charge in [0.2, 0.25) is 0 Å². The summed E-state index contributed by atoms with van der Waals surface area (Å²) in [5.41, 5.74) is 4.60. The van der Waals surface area contributed by atoms with Crippen molar-refractivity contribution in [1.82, 2.24) is 0 Å². The van der Waals surface area contributed by atoms with Gasteiger partial charge < -0.3 is 0 Å². The van der Waals surface area contributed by atoms with Crippen LogP contribution in [0.1, 0.15) is 32.1 Å². The maximum absolute atomic E-state index is 2.74. The zero-order valence-corrected chi connectivity index (χ0v) is 14.9. The van der Waals surface area contributed by atoms with Crippen LogP contribution in [0.2, 0.25) is 45.3 Å². The van der Waals surface area contributed by atoms with Gasteiger partial charge in [-0.05, 0) is 24.8 Å². The van der Waals surface area contributed by atoms with Gasteiger partial charge in [0.15, 0.2) is 0 Å². The molecular weight excluding hydrogens is 236 g/mol. The molecule has 0 unspecified atom stereocenters. The smallest absolute Gasteiger partial charge is 0.0686 e. The normalized spacial score (nSPS) is 20.7. The fourth-order valence-electron chi connectivity index (χ4n) is 2.96. The van der Waals surface area contributed by atoms with E-state index in [0.717, 1.165) is 5.92 Å². The van der Waals surface area contributed by atoms with Crippen molar-refractivity contribution >= 4 is 16.1 Å². The van der Waals surface area contributed by atoms with Crippen LogP contribution >= 0.6 is 0 Å². The van der Waals surface area contributed by atoms with Gasteiger partial charge in [0.1, 0.15) is 0 Å². The molecule has 0 bridgehead atoms. The molecule has 0 aromatic rings. The van der Waals surface area contributed by atoms with Crippen LogP contribution in [-0.2, 0) is 0 Å². The lowest BCUT2D eigenvalue weighted by Crippen LogP contribution is -2.26. The van der Waals surface area contributed by atoms with E-state index >= 15 is 0 Å². The second-order valence-electron chi connectivity index (χ2n) is 8.16. The summed E-state index contributed by atoms with van der Waals surface area (Å²) in [4.78, 5) is 0. The van der Waals surface area contributed by atoms with Crippen molar-refractivity contribution in [2.45, 2.75) is 77.4 Å². The summed E-state index contributed by atoms with van der Waals surface area (Å²) in [6.07, 6.45) is 7.37. The lowest BCUT2D eigenvalue weighted by molar-refractivity contribution is 0.402. The van der Waals surface area contributed by atoms with Crippen LogP contribution in [0, 0.1) is 5.92 Å². The molecule has 0 atom stereocenters. The highest BCUT2D eigenvalue weighted by Crippen LogP contribution is 2.35. The van der Waals surface area contributed by atoms with E-state index in [1.165, 1.54) is 38.1 Å². The van der Waals surface area contributed by atoms with Crippen LogP contribution in [0.15, 0.2) is 11.3 Å². The van der Waals surface area contributed by atoms with Gasteiger partial charge in [0, 0.05) is 8.07 Å². The Hall–Kier alpha value is 0.174. The first-order chi connectivity index (χ1) is 7.67. The van der Waals surface area contributed by atoms with E-state index < -0.39 is 16.1 Å². The summed E-state index contributed by atoms with van der Waals surface area (Å²) in [5, 5.41) is 0. The summed E-state index contributed by atoms with van der Waals surface area (Å²) in [6, 6.07) is 1.45. The maximum atomic E-state index is 2.74. The highest BCUT2D eigenvalue weighted by atomic mass is 28.3. The number of hydrogen-bond donors (Lipinski definition) is 0. The molecule has 0 aliphatic heterocycles. The van der Waals surface area contributed by atoms with Crippen LogP contribution < -0.4 is 0 Å². The number of rotatable bonds is 4. The highest BCUT2D eigenvalue weighted by molar-refractivity contribution is 6.81. The maximum Gasteiger partial charge on any atom is 0.0686 e. The topological polar surface area (TPSA) is 0 Å². The molecule has 1 aliphatic rings. The predicted octanol–water partition coefficient (Wildman–Crippen LogP) is 5.71. The van der Waals surface area contributed by atoms with E-state index in [-0.39, 0.29) is 0 Å². The zero-order chi connectivity index (χ0) is 13.1. The van der Waals surface area contributed by atoms with Crippen molar-refractivity contribution in [2.75, 3.05) is 0 Å². The molecule has 0 aromatic carbocycles. The van der Waals surface area contributed by atoms with Crippen molar-refractivity contribution < 1.29 is 0 Å². The van der Waals surface area contributed by atoms with Gasteiger partial charge in [-0.15, -0.1) is 0 Å². The molecule has 0 saturated heterocycles. The van der Waals surface area contributed by atoms with Crippen LogP contribution in [0.25, 0.3) is 0 Å². The van der Waals surface area contributed by atoms with Gasteiger partial charge in [-0.25, -0.2) is 0 Å². The summed E-state index contributed by atoms with van der Waals surface area (Å²) in [5.74, 6) is 0.946. The van der Waals surface area contributed by atoms with Crippen LogP contribution in [0.4, 0.5) is 0 Å². The Morgan fingerprint density at radius 2 is 1.47 bits per heavy atom. The van der Waals surface area contributed by atoms with E-state index in [0.29, 0.717) is 0 Å². The molecule has 0 N–H and O–H groups in total. The average Bonchev–Trinajstić information content (AvgIpc) is 2.14. The summed E-state index contributed by atoms with van der Waals surface area (Å²) >= 11 is 0. The summed E-state index contributed by atoms with van der Waals surface area (Å²) in [6.45, 7) is 15.0. The third-order valence-electron chi connectivity index (χ3n) is 3.48. The second kappa shape index (κ2) is 5.88. The quantitative estimate of drug-likeness (QED) is 0.573. The fraction of sp³-hybridized carbons (Fsp3) is 0.867. The Kier molecular flexibility index (Phi) is 5.27. The highest BCUT2D eigenvalue weighted by Gasteiger charge is 2.25. The van der Waals surface area contributed by atoms with Crippen molar-refractivity contribution in [3.05, 3.63) is 11.3 Å². The molecule has 1 fully saturated rings. The molecule has 1 rings (SSSR count). The molecule has 1 aliphatic carbocycles. The fourth-order valence-corrected chi connectivity index (χ4v) is 6.22. The Bertz CT molecular complexity index is 260. The minimum atomic E-state index is -1.04. The molecule has 0 spiro atoms. The largest absolute Gasteiger partial charge is 0.0958 e. The summed E-state index contributed by atoms with van der Waals surface area (Å²) < 4.78 is 0. The van der Waals surface area contributed by atoms with Gasteiger partial charge in [0.25, 0.3) is 0 Å². The van der Waals surface area contributed by atoms with E-state index in [2.05, 4.69) is 45.0 Å². The minimum Gasteiger partial charge on any atom is -0.0958 e. The van der Waals surface area contributed by atoms with Crippen molar-refractivity contribution in [2.24, 2.45) is 5.92 Å². The average molecular weight is 269 g/mol. The predicted molar refractivity (Wildman–Crippen MR) is 86.2 cm³/mol. The third-order valence-corrected chi connectivity index (χ3v) is 6.19. The van der Waals surface area contributed by atoms with Gasteiger partial charge >= 0.3 is 0 Å². The van der Waals surface area contributed by atoms with Crippen molar-refractivity contribution in [3.63, 3.8) is 0 Å². The van der Waals surface area contributed by atoms with Crippen molar-refractivity contribution in [1.29, 1.82) is 0 Å². The van der Waals surface area contributed by atoms with Gasteiger partial charge in [-0.3, -0.25) is 0 Å². The molecule has 0 heterocycles. The van der Waals surface area contributed by atoms with Crippen molar-refractivity contribution in [3.8, 4) is 0 Å². The number of allylic oxidation sites excluding steroid dienone is 1. The zero-order valence-electron chi connectivity index (χ0n) is 12.9. The van der Waals surface area contributed by atoms with Crippen LogP contribution in [0.3, 0.4) is 0 Å². The van der Waals surface area contributed by atoms with Gasteiger partial charge in [0.05, 0.1) is 8.07 Å². The molecular formula is C15H32Si2. The first-order valence-electron chi connectivity index (χ1n) is 7.39. The summed E-state index contributed by atoms with van der Waals surface area (Å²) in [7, 11) is -1.99. The number of hydrogen-bond acceptors (Lipinski definition) is 0. The minimum absolute atomic E-state index is 0.946. The monoisotopic (exact) mass is 268 g/mol. The Labute approximate surface area is 111 Å². The second-order valence-corrected chi connectivity index (χ2v) is 18.7. The third kappa shape index (κ3) is 6.61. The van der Waals surface area contributed by atoms with E-state index in [1.807, 2.05) is 5.57 Å². The molecule has 0 radical (unpaired) electrons. The molecule has 2 heteroatoms. The van der Waals surface area contributed by atoms with Gasteiger partial charge in [-0.2, -0.15) is 0 Å². The SMILES string of the molecule is C[Si](C)(C)/C=C(/C[Si](C)(C)C)C1CCCCC1. The Balaban J connectivity index is 2.81. The molecule has 0 amide bonds. The standard InChI is InChI=1S/C15H32Si2/c1-16(2,3)12-15(13-17(4,5)6)14-10-8-7-9-11-14/h12,14H,7-11,13H2,1-6H3/b15-12-. The van der Waals surface area contributed by atoms with E-state index in [4.69, 9.17) is 0 Å². The van der Waals surface area contributed by atoms with Crippen LogP contribution in [0.5, 0.6) is 0 Å². The molecule has 0 nitrogen and oxygen atoms in total. The van der Waals surface area contributed by atoms with Gasteiger partial charge in [-0.1, -0.05) is 69.8 Å². The lowest BCUT2D eigenvalue weighted by Gasteiger charge is -2.30. The van der Waals surface area contributed by atoms with E-state index in [9.17, 15) is 0 Å². The molecule has 17 heavy (non-hydrogen) atoms.